The van der Waals surface area contributed by atoms with E-state index in [1.807, 2.05) is 0 Å². The van der Waals surface area contributed by atoms with Crippen molar-refractivity contribution in [3.05, 3.63) is 0 Å². The van der Waals surface area contributed by atoms with Crippen LogP contribution in [0, 0.1) is 92.7 Å². The van der Waals surface area contributed by atoms with E-state index in [-0.39, 0.29) is 93.3 Å². The number of nitrogens with zero attached hydrogens (tertiary/aromatic N) is 1. The van der Waals surface area contributed by atoms with Crippen molar-refractivity contribution < 1.29 is 28.7 Å². The van der Waals surface area contributed by atoms with Gasteiger partial charge < -0.3 is 9.47 Å². The molecule has 12 aliphatic carbocycles. The SMILES string of the molecule is COC(=O)C12C3C4C1C1C2C3C41C(=O)N(CCCl)C(=O)C12C3C4C1C1C2C3C41C(=O)OC. The van der Waals surface area contributed by atoms with Gasteiger partial charge in [-0.05, 0) is 71.0 Å². The lowest BCUT2D eigenvalue weighted by atomic mass is 8.92. The topological polar surface area (TPSA) is 90.0 Å². The lowest BCUT2D eigenvalue weighted by Gasteiger charge is -3.10. The molecule has 12 aliphatic rings. The van der Waals surface area contributed by atoms with E-state index in [0.29, 0.717) is 35.5 Å². The number of halogens is 1. The van der Waals surface area contributed by atoms with Crippen LogP contribution in [0.25, 0.3) is 0 Å². The van der Waals surface area contributed by atoms with Gasteiger partial charge in [0.15, 0.2) is 0 Å². The summed E-state index contributed by atoms with van der Waals surface area (Å²) in [6.45, 7) is 0.269. The van der Waals surface area contributed by atoms with Gasteiger partial charge in [0.1, 0.15) is 0 Å². The first-order valence-electron chi connectivity index (χ1n) is 12.0. The molecule has 7 nitrogen and oxygen atoms in total. The fourth-order valence-corrected chi connectivity index (χ4v) is 14.1. The number of hydrogen-bond acceptors (Lipinski definition) is 6. The molecule has 2 amide bonds. The van der Waals surface area contributed by atoms with Gasteiger partial charge in [0, 0.05) is 12.4 Å². The predicted octanol–water partition coefficient (Wildman–Crippen LogP) is 0.402. The van der Waals surface area contributed by atoms with Crippen LogP contribution >= 0.6 is 11.6 Å². The molecular formula is C24H22ClNO6. The number of imide groups is 1. The number of carbonyl (C=O) groups is 4. The van der Waals surface area contributed by atoms with Crippen molar-refractivity contribution in [2.45, 2.75) is 0 Å². The molecule has 0 spiro atoms. The van der Waals surface area contributed by atoms with Crippen LogP contribution in [0.2, 0.25) is 0 Å². The highest BCUT2D eigenvalue weighted by atomic mass is 35.5. The molecule has 0 heterocycles. The molecule has 0 bridgehead atoms. The number of methoxy groups -OCH3 is 2. The fourth-order valence-electron chi connectivity index (χ4n) is 13.9. The number of hydrogen-bond donors (Lipinski definition) is 0. The summed E-state index contributed by atoms with van der Waals surface area (Å²) < 4.78 is 10.2. The Hall–Kier alpha value is -1.63. The maximum Gasteiger partial charge on any atom is 0.312 e. The van der Waals surface area contributed by atoms with Crippen LogP contribution in [0.4, 0.5) is 0 Å². The first kappa shape index (κ1) is 16.9. The van der Waals surface area contributed by atoms with Crippen molar-refractivity contribution in [3.63, 3.8) is 0 Å². The van der Waals surface area contributed by atoms with Crippen LogP contribution < -0.4 is 0 Å². The molecule has 12 rings (SSSR count). The molecule has 0 unspecified atom stereocenters. The van der Waals surface area contributed by atoms with E-state index < -0.39 is 0 Å². The molecule has 0 N–H and O–H groups in total. The van der Waals surface area contributed by atoms with Gasteiger partial charge in [-0.3, -0.25) is 24.1 Å². The second kappa shape index (κ2) is 3.95. The molecule has 0 aliphatic heterocycles. The zero-order valence-electron chi connectivity index (χ0n) is 17.6. The van der Waals surface area contributed by atoms with Gasteiger partial charge in [-0.15, -0.1) is 11.6 Å². The van der Waals surface area contributed by atoms with Crippen LogP contribution in [0.15, 0.2) is 0 Å². The number of alkyl halides is 1. The fraction of sp³-hybridized carbons (Fsp3) is 0.833. The van der Waals surface area contributed by atoms with Crippen LogP contribution in [0.5, 0.6) is 0 Å². The van der Waals surface area contributed by atoms with Gasteiger partial charge in [0.2, 0.25) is 11.8 Å². The normalized spacial score (nSPS) is 69.1. The predicted molar refractivity (Wildman–Crippen MR) is 103 cm³/mol. The summed E-state index contributed by atoms with van der Waals surface area (Å²) in [7, 11) is 2.92. The molecule has 0 aromatic heterocycles. The average molecular weight is 456 g/mol. The Morgan fingerprint density at radius 1 is 0.625 bits per heavy atom. The molecular weight excluding hydrogens is 434 g/mol. The minimum Gasteiger partial charge on any atom is -0.469 e. The summed E-state index contributed by atoms with van der Waals surface area (Å²) in [6.07, 6.45) is 0. The van der Waals surface area contributed by atoms with Crippen molar-refractivity contribution in [1.29, 1.82) is 0 Å². The van der Waals surface area contributed by atoms with Crippen molar-refractivity contribution >= 4 is 35.4 Å². The molecule has 0 radical (unpaired) electrons. The average Bonchev–Trinajstić information content (AvgIpc) is 2.84. The smallest absolute Gasteiger partial charge is 0.312 e. The molecule has 0 aromatic rings. The highest BCUT2D eigenvalue weighted by Crippen LogP contribution is 3.12. The van der Waals surface area contributed by atoms with Crippen molar-refractivity contribution in [3.8, 4) is 0 Å². The molecule has 166 valence electrons. The lowest BCUT2D eigenvalue weighted by molar-refractivity contribution is -0.630. The van der Waals surface area contributed by atoms with Crippen LogP contribution in [-0.4, -0.2) is 55.3 Å². The lowest BCUT2D eigenvalue weighted by Crippen LogP contribution is -3.13. The summed E-state index contributed by atoms with van der Waals surface area (Å²) >= 11 is 6.09. The minimum absolute atomic E-state index is 0.00131. The Labute approximate surface area is 188 Å². The van der Waals surface area contributed by atoms with Crippen LogP contribution in [-0.2, 0) is 28.7 Å². The molecule has 32 heavy (non-hydrogen) atoms. The molecule has 12 saturated carbocycles. The third-order valence-electron chi connectivity index (χ3n) is 13.9. The van der Waals surface area contributed by atoms with E-state index in [2.05, 4.69) is 0 Å². The summed E-state index contributed by atoms with van der Waals surface area (Å²) in [5.41, 5.74) is -1.33. The van der Waals surface area contributed by atoms with E-state index in [9.17, 15) is 19.2 Å². The van der Waals surface area contributed by atoms with E-state index in [1.54, 1.807) is 0 Å². The van der Waals surface area contributed by atoms with Gasteiger partial charge in [0.25, 0.3) is 0 Å². The molecule has 0 aromatic carbocycles. The summed E-state index contributed by atoms with van der Waals surface area (Å²) in [6, 6.07) is 0. The second-order valence-electron chi connectivity index (χ2n) is 12.5. The largest absolute Gasteiger partial charge is 0.469 e. The quantitative estimate of drug-likeness (QED) is 0.327. The van der Waals surface area contributed by atoms with Crippen LogP contribution in [0.3, 0.4) is 0 Å². The first-order valence-corrected chi connectivity index (χ1v) is 12.6. The Morgan fingerprint density at radius 3 is 1.16 bits per heavy atom. The van der Waals surface area contributed by atoms with Crippen molar-refractivity contribution in [1.82, 2.24) is 4.90 Å². The van der Waals surface area contributed by atoms with E-state index >= 15 is 0 Å². The third kappa shape index (κ3) is 0.858. The van der Waals surface area contributed by atoms with Gasteiger partial charge in [-0.1, -0.05) is 0 Å². The molecule has 12 fully saturated rings. The summed E-state index contributed by atoms with van der Waals surface area (Å²) in [5, 5.41) is 0. The Bertz CT molecular complexity index is 996. The Balaban J connectivity index is 0.951. The number of esters is 2. The van der Waals surface area contributed by atoms with E-state index in [1.165, 1.54) is 19.1 Å². The summed E-state index contributed by atoms with van der Waals surface area (Å²) in [5.74, 6) is 3.51. The van der Waals surface area contributed by atoms with Gasteiger partial charge in [-0.2, -0.15) is 0 Å². The second-order valence-corrected chi connectivity index (χ2v) is 12.9. The monoisotopic (exact) mass is 455 g/mol. The number of carbonyl (C=O) groups excluding carboxylic acids is 4. The third-order valence-corrected chi connectivity index (χ3v) is 14.0. The van der Waals surface area contributed by atoms with Gasteiger partial charge >= 0.3 is 11.9 Å². The minimum atomic E-state index is -0.385. The zero-order valence-corrected chi connectivity index (χ0v) is 18.4. The zero-order chi connectivity index (χ0) is 21.6. The highest BCUT2D eigenvalue weighted by molar-refractivity contribution is 6.18. The number of ether oxygens (including phenoxy) is 2. The van der Waals surface area contributed by atoms with Gasteiger partial charge in [-0.25, -0.2) is 0 Å². The molecule has 0 atom stereocenters. The number of amides is 2. The van der Waals surface area contributed by atoms with Gasteiger partial charge in [0.05, 0.1) is 35.9 Å². The van der Waals surface area contributed by atoms with Crippen LogP contribution in [0.1, 0.15) is 0 Å². The summed E-state index contributed by atoms with van der Waals surface area (Å²) in [4.78, 5) is 54.1. The molecule has 0 saturated heterocycles. The molecule has 8 heteroatoms. The maximum atomic E-state index is 13.9. The Morgan fingerprint density at radius 2 is 0.906 bits per heavy atom. The standard InChI is InChI=1S/C24H22ClNO6/c1-31-19(29)23-11-5-12(23)7-13(23)6(11)21(5,7)17(27)26(4-3-25)18(28)22-8-14-9(22)16-10(22)15(8)24(14,16)20(30)32-2/h5-16H,3-4H2,1-2H3. The Kier molecular flexibility index (Phi) is 2.09. The highest BCUT2D eigenvalue weighted by Gasteiger charge is 3.15. The van der Waals surface area contributed by atoms with Crippen molar-refractivity contribution in [2.24, 2.45) is 92.7 Å². The van der Waals surface area contributed by atoms with Crippen molar-refractivity contribution in [2.75, 3.05) is 26.6 Å². The van der Waals surface area contributed by atoms with E-state index in [0.717, 1.165) is 0 Å². The maximum absolute atomic E-state index is 13.9. The number of rotatable bonds is 6. The van der Waals surface area contributed by atoms with E-state index in [4.69, 9.17) is 21.1 Å². The first-order chi connectivity index (χ1) is 15.4.